The summed E-state index contributed by atoms with van der Waals surface area (Å²) in [5.74, 6) is 1.63. The Labute approximate surface area is 154 Å². The summed E-state index contributed by atoms with van der Waals surface area (Å²) >= 11 is 3.46. The molecule has 1 aromatic carbocycles. The van der Waals surface area contributed by atoms with E-state index < -0.39 is 0 Å². The number of hydrogen-bond acceptors (Lipinski definition) is 3. The standard InChI is InChI=1S/C18H23BrN4O2/c19-13-7-15-16(22-18(25)21-15)8-14(13)20-17(24)10-23-6-5-11-3-1-2-4-12(11)9-23/h7-8,11-12H,1-6,9-10H2,(H,20,24)(H2,21,22,25)/t11-,12+/m0/s1. The van der Waals surface area contributed by atoms with E-state index in [1.807, 2.05) is 0 Å². The Kier molecular flexibility index (Phi) is 4.69. The number of piperidine rings is 1. The third kappa shape index (κ3) is 3.67. The average molecular weight is 407 g/mol. The molecule has 1 aromatic heterocycles. The van der Waals surface area contributed by atoms with E-state index in [2.05, 4.69) is 36.1 Å². The Balaban J connectivity index is 1.40. The van der Waals surface area contributed by atoms with Crippen LogP contribution < -0.4 is 11.0 Å². The number of rotatable bonds is 3. The molecule has 25 heavy (non-hydrogen) atoms. The van der Waals surface area contributed by atoms with Gasteiger partial charge < -0.3 is 15.3 Å². The van der Waals surface area contributed by atoms with Crippen LogP contribution in [0.15, 0.2) is 21.4 Å². The number of H-pyrrole nitrogens is 2. The van der Waals surface area contributed by atoms with Crippen molar-refractivity contribution in [1.82, 2.24) is 14.9 Å². The molecule has 3 N–H and O–H groups in total. The van der Waals surface area contributed by atoms with E-state index in [1.54, 1.807) is 12.1 Å². The first-order chi connectivity index (χ1) is 12.1. The predicted octanol–water partition coefficient (Wildman–Crippen LogP) is 3.07. The number of aromatic amines is 2. The zero-order chi connectivity index (χ0) is 17.4. The van der Waals surface area contributed by atoms with Crippen molar-refractivity contribution >= 4 is 38.6 Å². The van der Waals surface area contributed by atoms with Gasteiger partial charge in [0.2, 0.25) is 5.91 Å². The van der Waals surface area contributed by atoms with Crippen molar-refractivity contribution in [3.63, 3.8) is 0 Å². The molecule has 1 saturated heterocycles. The quantitative estimate of drug-likeness (QED) is 0.732. The molecule has 2 aromatic rings. The number of amides is 1. The van der Waals surface area contributed by atoms with Crippen molar-refractivity contribution in [2.24, 2.45) is 11.8 Å². The summed E-state index contributed by atoms with van der Waals surface area (Å²) in [6, 6.07) is 3.58. The number of fused-ring (bicyclic) bond motifs is 2. The minimum absolute atomic E-state index is 0.00723. The van der Waals surface area contributed by atoms with Gasteiger partial charge in [-0.2, -0.15) is 0 Å². The lowest BCUT2D eigenvalue weighted by atomic mass is 9.75. The first kappa shape index (κ1) is 16.8. The van der Waals surface area contributed by atoms with Crippen LogP contribution >= 0.6 is 15.9 Å². The average Bonchev–Trinajstić information content (AvgIpc) is 2.94. The molecular weight excluding hydrogens is 384 g/mol. The van der Waals surface area contributed by atoms with Crippen molar-refractivity contribution in [2.45, 2.75) is 32.1 Å². The summed E-state index contributed by atoms with van der Waals surface area (Å²) in [7, 11) is 0. The fourth-order valence-electron chi connectivity index (χ4n) is 4.36. The van der Waals surface area contributed by atoms with Crippen molar-refractivity contribution in [1.29, 1.82) is 0 Å². The molecule has 2 fully saturated rings. The highest BCUT2D eigenvalue weighted by atomic mass is 79.9. The highest BCUT2D eigenvalue weighted by Crippen LogP contribution is 2.36. The predicted molar refractivity (Wildman–Crippen MR) is 102 cm³/mol. The van der Waals surface area contributed by atoms with Gasteiger partial charge in [0.15, 0.2) is 0 Å². The van der Waals surface area contributed by atoms with Crippen LogP contribution in [0.3, 0.4) is 0 Å². The maximum Gasteiger partial charge on any atom is 0.323 e. The number of likely N-dealkylation sites (tertiary alicyclic amines) is 1. The normalized spacial score (nSPS) is 24.2. The van der Waals surface area contributed by atoms with E-state index in [-0.39, 0.29) is 11.6 Å². The number of aromatic nitrogens is 2. The molecule has 0 radical (unpaired) electrons. The van der Waals surface area contributed by atoms with Crippen LogP contribution in [0.4, 0.5) is 5.69 Å². The number of hydrogen-bond donors (Lipinski definition) is 3. The molecule has 1 saturated carbocycles. The molecule has 7 heteroatoms. The molecule has 2 atom stereocenters. The van der Waals surface area contributed by atoms with Gasteiger partial charge in [-0.15, -0.1) is 0 Å². The number of carbonyl (C=O) groups excluding carboxylic acids is 1. The highest BCUT2D eigenvalue weighted by Gasteiger charge is 2.31. The lowest BCUT2D eigenvalue weighted by Gasteiger charge is -2.41. The van der Waals surface area contributed by atoms with E-state index in [4.69, 9.17) is 0 Å². The molecule has 2 heterocycles. The molecule has 2 aliphatic rings. The van der Waals surface area contributed by atoms with Crippen molar-refractivity contribution in [2.75, 3.05) is 25.0 Å². The maximum absolute atomic E-state index is 12.5. The number of nitrogens with zero attached hydrogens (tertiary/aromatic N) is 1. The summed E-state index contributed by atoms with van der Waals surface area (Å²) in [5, 5.41) is 2.97. The van der Waals surface area contributed by atoms with Gasteiger partial charge in [-0.25, -0.2) is 4.79 Å². The first-order valence-electron chi connectivity index (χ1n) is 9.02. The van der Waals surface area contributed by atoms with Gasteiger partial charge in [-0.1, -0.05) is 19.3 Å². The summed E-state index contributed by atoms with van der Waals surface area (Å²) in [6.07, 6.45) is 6.61. The van der Waals surface area contributed by atoms with Crippen molar-refractivity contribution < 1.29 is 4.79 Å². The summed E-state index contributed by atoms with van der Waals surface area (Å²) < 4.78 is 0.759. The number of halogens is 1. The third-order valence-electron chi connectivity index (χ3n) is 5.62. The molecule has 1 aliphatic carbocycles. The van der Waals surface area contributed by atoms with Crippen molar-refractivity contribution in [3.8, 4) is 0 Å². The monoisotopic (exact) mass is 406 g/mol. The zero-order valence-corrected chi connectivity index (χ0v) is 15.7. The number of anilines is 1. The van der Waals surface area contributed by atoms with Gasteiger partial charge in [0.1, 0.15) is 0 Å². The second-order valence-corrected chi connectivity index (χ2v) is 8.19. The van der Waals surface area contributed by atoms with Gasteiger partial charge >= 0.3 is 5.69 Å². The lowest BCUT2D eigenvalue weighted by molar-refractivity contribution is -0.118. The second kappa shape index (κ2) is 6.96. The Morgan fingerprint density at radius 2 is 1.88 bits per heavy atom. The van der Waals surface area contributed by atoms with E-state index in [0.717, 1.165) is 29.4 Å². The topological polar surface area (TPSA) is 81.0 Å². The van der Waals surface area contributed by atoms with E-state index in [0.29, 0.717) is 23.3 Å². The maximum atomic E-state index is 12.5. The van der Waals surface area contributed by atoms with Crippen LogP contribution in [0.25, 0.3) is 11.0 Å². The minimum atomic E-state index is -0.249. The lowest BCUT2D eigenvalue weighted by Crippen LogP contribution is -2.44. The van der Waals surface area contributed by atoms with Crippen LogP contribution in [0.1, 0.15) is 32.1 Å². The smallest absolute Gasteiger partial charge is 0.323 e. The van der Waals surface area contributed by atoms with Gasteiger partial charge in [-0.3, -0.25) is 9.69 Å². The zero-order valence-electron chi connectivity index (χ0n) is 14.1. The van der Waals surface area contributed by atoms with Crippen LogP contribution in [0.5, 0.6) is 0 Å². The molecule has 0 unspecified atom stereocenters. The Bertz CT molecular complexity index is 843. The van der Waals surface area contributed by atoms with Gasteiger partial charge in [0.05, 0.1) is 23.3 Å². The minimum Gasteiger partial charge on any atom is -0.324 e. The molecule has 0 bridgehead atoms. The number of imidazole rings is 1. The number of carbonyl (C=O) groups is 1. The number of nitrogens with one attached hydrogen (secondary N) is 3. The summed E-state index contributed by atoms with van der Waals surface area (Å²) in [4.78, 5) is 31.6. The fourth-order valence-corrected chi connectivity index (χ4v) is 4.81. The highest BCUT2D eigenvalue weighted by molar-refractivity contribution is 9.10. The Morgan fingerprint density at radius 1 is 1.16 bits per heavy atom. The largest absolute Gasteiger partial charge is 0.324 e. The fraction of sp³-hybridized carbons (Fsp3) is 0.556. The molecule has 0 spiro atoms. The van der Waals surface area contributed by atoms with Crippen LogP contribution in [-0.2, 0) is 4.79 Å². The Morgan fingerprint density at radius 3 is 2.68 bits per heavy atom. The summed E-state index contributed by atoms with van der Waals surface area (Å²) in [5.41, 5.74) is 1.83. The van der Waals surface area contributed by atoms with Crippen LogP contribution in [0, 0.1) is 11.8 Å². The second-order valence-electron chi connectivity index (χ2n) is 7.33. The summed E-state index contributed by atoms with van der Waals surface area (Å²) in [6.45, 7) is 2.49. The van der Waals surface area contributed by atoms with Crippen molar-refractivity contribution in [3.05, 3.63) is 27.1 Å². The van der Waals surface area contributed by atoms with E-state index in [1.165, 1.54) is 32.1 Å². The first-order valence-corrected chi connectivity index (χ1v) is 9.81. The van der Waals surface area contributed by atoms with Crippen LogP contribution in [0.2, 0.25) is 0 Å². The molecule has 1 aliphatic heterocycles. The van der Waals surface area contributed by atoms with Crippen LogP contribution in [-0.4, -0.2) is 40.4 Å². The van der Waals surface area contributed by atoms with Gasteiger partial charge in [-0.05, 0) is 59.3 Å². The molecule has 4 rings (SSSR count). The third-order valence-corrected chi connectivity index (χ3v) is 6.28. The van der Waals surface area contributed by atoms with Gasteiger partial charge in [0.25, 0.3) is 0 Å². The SMILES string of the molecule is O=C(CN1CC[C@@H]2CCCC[C@@H]2C1)Nc1cc2[nH]c(=O)[nH]c2cc1Br. The van der Waals surface area contributed by atoms with Gasteiger partial charge in [0, 0.05) is 11.0 Å². The molecule has 1 amide bonds. The molecular formula is C18H23BrN4O2. The molecule has 134 valence electrons. The Hall–Kier alpha value is -1.60. The van der Waals surface area contributed by atoms with E-state index in [9.17, 15) is 9.59 Å². The van der Waals surface area contributed by atoms with E-state index >= 15 is 0 Å². The number of benzene rings is 1. The molecule has 6 nitrogen and oxygen atoms in total.